The predicted molar refractivity (Wildman–Crippen MR) is 237 cm³/mol. The Morgan fingerprint density at radius 3 is 1.63 bits per heavy atom. The Hall–Kier alpha value is -7.41. The van der Waals surface area contributed by atoms with Crippen LogP contribution in [0.1, 0.15) is 77.0 Å². The lowest BCUT2D eigenvalue weighted by Crippen LogP contribution is -2.40. The van der Waals surface area contributed by atoms with E-state index in [1.54, 1.807) is 0 Å². The molecule has 0 saturated heterocycles. The Morgan fingerprint density at radius 1 is 0.603 bits per heavy atom. The number of carboxylic acids is 1. The Kier molecular flexibility index (Phi) is 10.6. The summed E-state index contributed by atoms with van der Waals surface area (Å²) in [5.41, 5.74) is 16.5. The normalized spacial score (nSPS) is 17.0. The van der Waals surface area contributed by atoms with Gasteiger partial charge in [-0.2, -0.15) is 0 Å². The first-order chi connectivity index (χ1) is 30.8. The molecule has 5 N–H and O–H groups in total. The van der Waals surface area contributed by atoms with Crippen molar-refractivity contribution in [2.45, 2.75) is 57.0 Å². The average molecular weight is 846 g/mol. The van der Waals surface area contributed by atoms with E-state index >= 15 is 0 Å². The van der Waals surface area contributed by atoms with Crippen LogP contribution in [0.2, 0.25) is 0 Å². The smallest absolute Gasteiger partial charge is 0.303 e. The number of nitrogens with one attached hydrogen (secondary N) is 2. The van der Waals surface area contributed by atoms with Crippen LogP contribution in [0.25, 0.3) is 21.8 Å². The summed E-state index contributed by atoms with van der Waals surface area (Å²) in [7, 11) is 0. The van der Waals surface area contributed by atoms with Crippen molar-refractivity contribution in [2.75, 3.05) is 32.4 Å². The molecule has 0 fully saturated rings. The first kappa shape index (κ1) is 39.7. The van der Waals surface area contributed by atoms with Gasteiger partial charge in [0.05, 0.1) is 12.1 Å². The zero-order valence-electron chi connectivity index (χ0n) is 34.6. The Morgan fingerprint density at radius 2 is 1.10 bits per heavy atom. The second-order valence-corrected chi connectivity index (χ2v) is 16.3. The summed E-state index contributed by atoms with van der Waals surface area (Å²) >= 11 is 0. The van der Waals surface area contributed by atoms with Crippen LogP contribution < -0.4 is 24.7 Å². The number of benzene rings is 5. The van der Waals surface area contributed by atoms with E-state index in [1.165, 1.54) is 21.9 Å². The quantitative estimate of drug-likeness (QED) is 0.105. The molecule has 320 valence electrons. The Balaban J connectivity index is 0.000000150. The lowest BCUT2D eigenvalue weighted by Gasteiger charge is -2.36. The number of amides is 2. The molecular weight excluding hydrogens is 799 g/mol. The Bertz CT molecular complexity index is 2880. The zero-order chi connectivity index (χ0) is 43.0. The molecule has 0 bridgehead atoms. The highest BCUT2D eigenvalue weighted by Crippen LogP contribution is 2.44. The van der Waals surface area contributed by atoms with E-state index in [0.29, 0.717) is 43.9 Å². The topological polar surface area (TPSA) is 172 Å². The number of hydrogen-bond donors (Lipinski definition) is 4. The van der Waals surface area contributed by atoms with Crippen LogP contribution >= 0.6 is 0 Å². The van der Waals surface area contributed by atoms with Crippen molar-refractivity contribution < 1.29 is 38.4 Å². The SMILES string of the molecule is Nc1ccccc1CCC(=O)N1CCc2c([nH]c3ccccc23)C1c1ccc2c(c1)OCO2.O=C(O)CCCC(=O)N1CCc2c([nH]c3ccccc23)C1c1ccc2c(c1)OCO2. The molecule has 0 radical (unpaired) electrons. The lowest BCUT2D eigenvalue weighted by molar-refractivity contribution is -0.137. The van der Waals surface area contributed by atoms with Gasteiger partial charge in [0.1, 0.15) is 0 Å². The van der Waals surface area contributed by atoms with Crippen molar-refractivity contribution in [3.8, 4) is 23.0 Å². The van der Waals surface area contributed by atoms with Crippen LogP contribution in [0, 0.1) is 0 Å². The third kappa shape index (κ3) is 7.64. The molecule has 2 aromatic heterocycles. The maximum Gasteiger partial charge on any atom is 0.303 e. The van der Waals surface area contributed by atoms with Crippen LogP contribution in [-0.4, -0.2) is 69.3 Å². The van der Waals surface area contributed by atoms with Crippen molar-refractivity contribution in [3.63, 3.8) is 0 Å². The van der Waals surface area contributed by atoms with Gasteiger partial charge in [-0.25, -0.2) is 0 Å². The number of nitrogens with zero attached hydrogens (tertiary/aromatic N) is 2. The van der Waals surface area contributed by atoms with Gasteiger partial charge in [-0.3, -0.25) is 14.4 Å². The van der Waals surface area contributed by atoms with E-state index in [0.717, 1.165) is 69.1 Å². The summed E-state index contributed by atoms with van der Waals surface area (Å²) in [6.45, 7) is 1.66. The zero-order valence-corrected chi connectivity index (χ0v) is 34.6. The van der Waals surface area contributed by atoms with Crippen molar-refractivity contribution >= 4 is 45.3 Å². The van der Waals surface area contributed by atoms with E-state index in [1.807, 2.05) is 94.7 Å². The summed E-state index contributed by atoms with van der Waals surface area (Å²) < 4.78 is 22.2. The number of carbonyl (C=O) groups excluding carboxylic acids is 2. The van der Waals surface area contributed by atoms with Gasteiger partial charge in [-0.1, -0.05) is 66.7 Å². The minimum atomic E-state index is -0.883. The van der Waals surface area contributed by atoms with E-state index in [4.69, 9.17) is 29.8 Å². The molecule has 6 heterocycles. The second kappa shape index (κ2) is 16.8. The minimum Gasteiger partial charge on any atom is -0.481 e. The molecule has 2 atom stereocenters. The molecule has 5 aromatic carbocycles. The van der Waals surface area contributed by atoms with Gasteiger partial charge in [0.15, 0.2) is 23.0 Å². The molecule has 7 aromatic rings. The van der Waals surface area contributed by atoms with Crippen molar-refractivity contribution in [3.05, 3.63) is 148 Å². The van der Waals surface area contributed by atoms with E-state index < -0.39 is 5.97 Å². The number of aromatic nitrogens is 2. The number of nitrogens with two attached hydrogens (primary N) is 1. The molecule has 4 aliphatic rings. The third-order valence-electron chi connectivity index (χ3n) is 12.6. The van der Waals surface area contributed by atoms with Gasteiger partial charge in [0, 0.05) is 71.2 Å². The third-order valence-corrected chi connectivity index (χ3v) is 12.6. The van der Waals surface area contributed by atoms with Gasteiger partial charge in [-0.05, 0) is 96.0 Å². The summed E-state index contributed by atoms with van der Waals surface area (Å²) in [4.78, 5) is 48.5. The molecule has 2 amide bonds. The number of para-hydroxylation sites is 3. The molecule has 63 heavy (non-hydrogen) atoms. The number of hydrogen-bond acceptors (Lipinski definition) is 8. The molecule has 0 saturated carbocycles. The standard InChI is InChI=1S/C27H25N3O3.C23H22N2O5/c28-21-7-3-1-5-17(21)10-12-25(31)30-14-13-20-19-6-2-4-8-22(19)29-26(20)27(30)18-9-11-23-24(15-18)33-16-32-23;26-20(6-3-7-21(27)28)25-11-10-16-15-4-1-2-5-17(15)24-22(16)23(25)14-8-9-18-19(12-14)30-13-29-18/h1-9,11,15,27,29H,10,12-14,16,28H2;1-2,4-5,8-9,12,23-24H,3,6-7,10-11,13H2,(H,27,28). The van der Waals surface area contributed by atoms with Crippen molar-refractivity contribution in [1.82, 2.24) is 19.8 Å². The number of aliphatic carboxylic acids is 1. The fourth-order valence-electron chi connectivity index (χ4n) is 9.56. The van der Waals surface area contributed by atoms with Gasteiger partial charge in [0.2, 0.25) is 25.4 Å². The van der Waals surface area contributed by atoms with E-state index in [2.05, 4.69) is 34.2 Å². The summed E-state index contributed by atoms with van der Waals surface area (Å²) in [6.07, 6.45) is 3.14. The maximum atomic E-state index is 13.5. The molecule has 13 heteroatoms. The number of carboxylic acid groups (broad SMARTS) is 1. The van der Waals surface area contributed by atoms with Gasteiger partial charge < -0.3 is 49.6 Å². The first-order valence-electron chi connectivity index (χ1n) is 21.4. The van der Waals surface area contributed by atoms with Crippen molar-refractivity contribution in [1.29, 1.82) is 0 Å². The number of fused-ring (bicyclic) bond motifs is 8. The largest absolute Gasteiger partial charge is 0.481 e. The van der Waals surface area contributed by atoms with Crippen LogP contribution in [-0.2, 0) is 33.6 Å². The molecule has 0 spiro atoms. The predicted octanol–water partition coefficient (Wildman–Crippen LogP) is 8.21. The summed E-state index contributed by atoms with van der Waals surface area (Å²) in [5, 5.41) is 11.3. The molecule has 2 unspecified atom stereocenters. The lowest BCUT2D eigenvalue weighted by atomic mass is 9.91. The van der Waals surface area contributed by atoms with Gasteiger partial charge >= 0.3 is 5.97 Å². The summed E-state index contributed by atoms with van der Waals surface area (Å²) in [6, 6.07) is 35.5. The highest BCUT2D eigenvalue weighted by Gasteiger charge is 2.37. The monoisotopic (exact) mass is 845 g/mol. The molecular formula is C50H47N5O8. The Labute approximate surface area is 363 Å². The van der Waals surface area contributed by atoms with Crippen molar-refractivity contribution in [2.24, 2.45) is 0 Å². The van der Waals surface area contributed by atoms with E-state index in [-0.39, 0.29) is 50.3 Å². The molecule has 13 nitrogen and oxygen atoms in total. The van der Waals surface area contributed by atoms with Gasteiger partial charge in [0.25, 0.3) is 0 Å². The number of rotatable bonds is 9. The highest BCUT2D eigenvalue weighted by molar-refractivity contribution is 5.88. The van der Waals surface area contributed by atoms with Crippen LogP contribution in [0.3, 0.4) is 0 Å². The van der Waals surface area contributed by atoms with Gasteiger partial charge in [-0.15, -0.1) is 0 Å². The highest BCUT2D eigenvalue weighted by atomic mass is 16.7. The molecule has 0 aliphatic carbocycles. The second-order valence-electron chi connectivity index (χ2n) is 16.3. The number of nitrogen functional groups attached to an aromatic ring is 1. The average Bonchev–Trinajstić information content (AvgIpc) is 4.12. The number of carbonyl (C=O) groups is 3. The number of anilines is 1. The summed E-state index contributed by atoms with van der Waals surface area (Å²) in [5.74, 6) is 2.03. The fourth-order valence-corrected chi connectivity index (χ4v) is 9.56. The number of H-pyrrole nitrogens is 2. The first-order valence-corrected chi connectivity index (χ1v) is 21.4. The van der Waals surface area contributed by atoms with Crippen LogP contribution in [0.4, 0.5) is 5.69 Å². The molecule has 11 rings (SSSR count). The van der Waals surface area contributed by atoms with Crippen LogP contribution in [0.15, 0.2) is 109 Å². The number of aryl methyl sites for hydroxylation is 1. The van der Waals surface area contributed by atoms with Crippen LogP contribution in [0.5, 0.6) is 23.0 Å². The fraction of sp³-hybridized carbons (Fsp3) is 0.260. The molecule has 4 aliphatic heterocycles. The van der Waals surface area contributed by atoms with E-state index in [9.17, 15) is 14.4 Å². The number of aromatic amines is 2. The maximum absolute atomic E-state index is 13.5. The number of ether oxygens (including phenoxy) is 4. The minimum absolute atomic E-state index is 0.00803.